The number of benzene rings is 1. The van der Waals surface area contributed by atoms with Crippen LogP contribution in [0.4, 0.5) is 5.69 Å². The molecule has 6 heteroatoms. The van der Waals surface area contributed by atoms with Crippen molar-refractivity contribution in [3.63, 3.8) is 0 Å². The summed E-state index contributed by atoms with van der Waals surface area (Å²) in [7, 11) is -3.19. The van der Waals surface area contributed by atoms with Crippen molar-refractivity contribution < 1.29 is 18.3 Å². The smallest absolute Gasteiger partial charge is 0.308 e. The van der Waals surface area contributed by atoms with Crippen LogP contribution in [-0.4, -0.2) is 31.8 Å². The van der Waals surface area contributed by atoms with E-state index in [0.717, 1.165) is 0 Å². The summed E-state index contributed by atoms with van der Waals surface area (Å²) >= 11 is 0. The van der Waals surface area contributed by atoms with E-state index in [-0.39, 0.29) is 16.6 Å². The maximum Gasteiger partial charge on any atom is 0.308 e. The predicted octanol–water partition coefficient (Wildman–Crippen LogP) is 2.25. The van der Waals surface area contributed by atoms with Crippen LogP contribution in [0.3, 0.4) is 0 Å². The first-order valence-electron chi connectivity index (χ1n) is 6.57. The summed E-state index contributed by atoms with van der Waals surface area (Å²) in [5.41, 5.74) is 0.715. The van der Waals surface area contributed by atoms with E-state index in [4.69, 9.17) is 5.11 Å². The number of hydrogen-bond donors (Lipinski definition) is 2. The van der Waals surface area contributed by atoms with E-state index in [1.807, 2.05) is 13.8 Å². The Labute approximate surface area is 119 Å². The van der Waals surface area contributed by atoms with Crippen LogP contribution < -0.4 is 5.32 Å². The van der Waals surface area contributed by atoms with Crippen molar-refractivity contribution in [2.45, 2.75) is 25.7 Å². The molecule has 0 heterocycles. The van der Waals surface area contributed by atoms with Gasteiger partial charge in [0.05, 0.1) is 16.6 Å². The summed E-state index contributed by atoms with van der Waals surface area (Å²) in [4.78, 5) is 11.3. The number of carboxylic acid groups (broad SMARTS) is 1. The summed E-state index contributed by atoms with van der Waals surface area (Å²) in [6.07, 6.45) is 0. The Morgan fingerprint density at radius 2 is 1.80 bits per heavy atom. The van der Waals surface area contributed by atoms with Crippen molar-refractivity contribution in [2.24, 2.45) is 11.8 Å². The SMILES string of the molecule is CCS(=O)(=O)c1ccc(NCC(C(=O)O)C(C)C)cc1. The summed E-state index contributed by atoms with van der Waals surface area (Å²) < 4.78 is 23.3. The monoisotopic (exact) mass is 299 g/mol. The molecule has 0 aliphatic carbocycles. The van der Waals surface area contributed by atoms with Crippen molar-refractivity contribution in [2.75, 3.05) is 17.6 Å². The third kappa shape index (κ3) is 4.23. The topological polar surface area (TPSA) is 83.5 Å². The third-order valence-corrected chi connectivity index (χ3v) is 4.99. The van der Waals surface area contributed by atoms with Gasteiger partial charge in [0.25, 0.3) is 0 Å². The molecule has 0 amide bonds. The average Bonchev–Trinajstić information content (AvgIpc) is 2.38. The summed E-state index contributed by atoms with van der Waals surface area (Å²) in [6.45, 7) is 5.63. The number of sulfone groups is 1. The molecule has 1 atom stereocenters. The molecule has 1 rings (SSSR count). The van der Waals surface area contributed by atoms with Gasteiger partial charge in [-0.25, -0.2) is 8.42 Å². The minimum absolute atomic E-state index is 0.0275. The van der Waals surface area contributed by atoms with Gasteiger partial charge < -0.3 is 10.4 Å². The molecule has 2 N–H and O–H groups in total. The van der Waals surface area contributed by atoms with Gasteiger partial charge in [-0.15, -0.1) is 0 Å². The van der Waals surface area contributed by atoms with Crippen LogP contribution in [-0.2, 0) is 14.6 Å². The van der Waals surface area contributed by atoms with Gasteiger partial charge in [-0.2, -0.15) is 0 Å². The molecule has 1 unspecified atom stereocenters. The van der Waals surface area contributed by atoms with E-state index in [1.54, 1.807) is 19.1 Å². The van der Waals surface area contributed by atoms with Crippen LogP contribution >= 0.6 is 0 Å². The molecule has 1 aromatic rings. The number of anilines is 1. The van der Waals surface area contributed by atoms with E-state index >= 15 is 0 Å². The molecule has 0 aliphatic heterocycles. The standard InChI is InChI=1S/C14H21NO4S/c1-4-20(18,19)12-7-5-11(6-8-12)15-9-13(10(2)3)14(16)17/h5-8,10,13,15H,4,9H2,1-3H3,(H,16,17). The lowest BCUT2D eigenvalue weighted by Gasteiger charge is -2.17. The van der Waals surface area contributed by atoms with E-state index < -0.39 is 21.7 Å². The van der Waals surface area contributed by atoms with Crippen LogP contribution in [0.1, 0.15) is 20.8 Å². The molecule has 1 aromatic carbocycles. The van der Waals surface area contributed by atoms with E-state index in [9.17, 15) is 13.2 Å². The van der Waals surface area contributed by atoms with Gasteiger partial charge >= 0.3 is 5.97 Å². The molecule has 0 aliphatic rings. The van der Waals surface area contributed by atoms with Gasteiger partial charge in [-0.3, -0.25) is 4.79 Å². The Bertz CT molecular complexity index is 549. The van der Waals surface area contributed by atoms with Crippen LogP contribution in [0.5, 0.6) is 0 Å². The van der Waals surface area contributed by atoms with Gasteiger partial charge in [-0.1, -0.05) is 20.8 Å². The molecular formula is C14H21NO4S. The Hall–Kier alpha value is -1.56. The maximum absolute atomic E-state index is 11.7. The van der Waals surface area contributed by atoms with Crippen LogP contribution in [0, 0.1) is 11.8 Å². The molecule has 0 fully saturated rings. The average molecular weight is 299 g/mol. The minimum Gasteiger partial charge on any atom is -0.481 e. The van der Waals surface area contributed by atoms with Crippen LogP contribution in [0.15, 0.2) is 29.2 Å². The zero-order chi connectivity index (χ0) is 15.3. The molecule has 0 saturated carbocycles. The Balaban J connectivity index is 2.74. The fourth-order valence-corrected chi connectivity index (χ4v) is 2.67. The van der Waals surface area contributed by atoms with Crippen molar-refractivity contribution in [3.05, 3.63) is 24.3 Å². The van der Waals surface area contributed by atoms with Gasteiger partial charge in [0, 0.05) is 12.2 Å². The second-order valence-corrected chi connectivity index (χ2v) is 7.28. The minimum atomic E-state index is -3.19. The number of hydrogen-bond acceptors (Lipinski definition) is 4. The highest BCUT2D eigenvalue weighted by molar-refractivity contribution is 7.91. The molecule has 112 valence electrons. The quantitative estimate of drug-likeness (QED) is 0.807. The second kappa shape index (κ2) is 6.74. The molecule has 0 aromatic heterocycles. The first-order chi connectivity index (χ1) is 9.27. The zero-order valence-corrected chi connectivity index (χ0v) is 12.8. The molecule has 5 nitrogen and oxygen atoms in total. The molecule has 0 saturated heterocycles. The van der Waals surface area contributed by atoms with Crippen molar-refractivity contribution in [3.8, 4) is 0 Å². The number of rotatable bonds is 7. The first-order valence-corrected chi connectivity index (χ1v) is 8.22. The largest absolute Gasteiger partial charge is 0.481 e. The van der Waals surface area contributed by atoms with E-state index in [1.165, 1.54) is 12.1 Å². The zero-order valence-electron chi connectivity index (χ0n) is 12.0. The van der Waals surface area contributed by atoms with Crippen molar-refractivity contribution in [1.29, 1.82) is 0 Å². The lowest BCUT2D eigenvalue weighted by atomic mass is 9.96. The highest BCUT2D eigenvalue weighted by Gasteiger charge is 2.21. The molecular weight excluding hydrogens is 278 g/mol. The lowest BCUT2D eigenvalue weighted by Crippen LogP contribution is -2.27. The van der Waals surface area contributed by atoms with Crippen LogP contribution in [0.25, 0.3) is 0 Å². The fraction of sp³-hybridized carbons (Fsp3) is 0.500. The first kappa shape index (κ1) is 16.5. The molecule has 20 heavy (non-hydrogen) atoms. The highest BCUT2D eigenvalue weighted by Crippen LogP contribution is 2.17. The number of nitrogens with one attached hydrogen (secondary N) is 1. The lowest BCUT2D eigenvalue weighted by molar-refractivity contribution is -0.142. The van der Waals surface area contributed by atoms with Gasteiger partial charge in [0.2, 0.25) is 0 Å². The van der Waals surface area contributed by atoms with E-state index in [0.29, 0.717) is 12.2 Å². The maximum atomic E-state index is 11.7. The van der Waals surface area contributed by atoms with E-state index in [2.05, 4.69) is 5.32 Å². The highest BCUT2D eigenvalue weighted by atomic mass is 32.2. The van der Waals surface area contributed by atoms with Crippen molar-refractivity contribution >= 4 is 21.5 Å². The molecule has 0 bridgehead atoms. The normalized spacial score (nSPS) is 13.2. The Morgan fingerprint density at radius 1 is 1.25 bits per heavy atom. The van der Waals surface area contributed by atoms with Gasteiger partial charge in [0.15, 0.2) is 9.84 Å². The van der Waals surface area contributed by atoms with Gasteiger partial charge in [-0.05, 0) is 30.2 Å². The van der Waals surface area contributed by atoms with Gasteiger partial charge in [0.1, 0.15) is 0 Å². The Morgan fingerprint density at radius 3 is 2.20 bits per heavy atom. The fourth-order valence-electron chi connectivity index (χ4n) is 1.78. The van der Waals surface area contributed by atoms with Crippen LogP contribution in [0.2, 0.25) is 0 Å². The molecule has 0 spiro atoms. The summed E-state index contributed by atoms with van der Waals surface area (Å²) in [5, 5.41) is 12.1. The van der Waals surface area contributed by atoms with Crippen molar-refractivity contribution in [1.82, 2.24) is 0 Å². The number of carbonyl (C=O) groups is 1. The molecule has 0 radical (unpaired) electrons. The summed E-state index contributed by atoms with van der Waals surface area (Å²) in [6, 6.07) is 6.38. The second-order valence-electron chi connectivity index (χ2n) is 5.00. The number of aliphatic carboxylic acids is 1. The summed E-state index contributed by atoms with van der Waals surface area (Å²) in [5.74, 6) is -1.22. The predicted molar refractivity (Wildman–Crippen MR) is 78.6 cm³/mol. The number of carboxylic acids is 1. The Kier molecular flexibility index (Phi) is 5.56. The third-order valence-electron chi connectivity index (χ3n) is 3.24.